The summed E-state index contributed by atoms with van der Waals surface area (Å²) in [5.74, 6) is 1.17. The number of nitrogens with zero attached hydrogens (tertiary/aromatic N) is 3. The zero-order valence-electron chi connectivity index (χ0n) is 23.1. The Bertz CT molecular complexity index is 969. The molecule has 2 aliphatic heterocycles. The van der Waals surface area contributed by atoms with Crippen LogP contribution >= 0.6 is 0 Å². The van der Waals surface area contributed by atoms with Crippen LogP contribution in [0.2, 0.25) is 0 Å². The summed E-state index contributed by atoms with van der Waals surface area (Å²) < 4.78 is 24.8. The number of hydrogen-bond acceptors (Lipinski definition) is 5. The van der Waals surface area contributed by atoms with Crippen molar-refractivity contribution in [2.45, 2.75) is 52.1 Å². The summed E-state index contributed by atoms with van der Waals surface area (Å²) >= 11 is 0. The molecule has 6 nitrogen and oxygen atoms in total. The Labute approximate surface area is 227 Å². The van der Waals surface area contributed by atoms with E-state index < -0.39 is 0 Å². The van der Waals surface area contributed by atoms with Gasteiger partial charge in [-0.05, 0) is 73.7 Å². The van der Waals surface area contributed by atoms with E-state index in [2.05, 4.69) is 23.6 Å². The van der Waals surface area contributed by atoms with Gasteiger partial charge in [0.15, 0.2) is 0 Å². The van der Waals surface area contributed by atoms with E-state index in [0.717, 1.165) is 82.2 Å². The second-order valence-electron chi connectivity index (χ2n) is 11.1. The van der Waals surface area contributed by atoms with Crippen molar-refractivity contribution in [2.75, 3.05) is 59.1 Å². The van der Waals surface area contributed by atoms with Gasteiger partial charge >= 0.3 is 0 Å². The Morgan fingerprint density at radius 3 is 2.18 bits per heavy atom. The molecular formula is C31H44FN3O3. The zero-order chi connectivity index (χ0) is 26.7. The van der Waals surface area contributed by atoms with Gasteiger partial charge in [0.1, 0.15) is 11.6 Å². The lowest BCUT2D eigenvalue weighted by atomic mass is 10.0. The molecule has 208 valence electrons. The first-order valence-electron chi connectivity index (χ1n) is 14.2. The number of benzene rings is 2. The standard InChI is InChI=1S/C31H44FN3O3/c1-25(2)24-38-30-10-6-26(7-11-30)22-31(36)35(23-27-4-8-28(32)9-5-27)29-12-16-33(17-13-29)14-3-15-34-18-20-37-21-19-34/h4-11,25,29H,3,12-24H2,1-2H3. The first-order valence-corrected chi connectivity index (χ1v) is 14.2. The molecule has 0 radical (unpaired) electrons. The largest absolute Gasteiger partial charge is 0.493 e. The van der Waals surface area contributed by atoms with E-state index >= 15 is 0 Å². The molecule has 0 aliphatic carbocycles. The van der Waals surface area contributed by atoms with Crippen molar-refractivity contribution in [3.63, 3.8) is 0 Å². The first kappa shape index (κ1) is 28.5. The molecule has 38 heavy (non-hydrogen) atoms. The van der Waals surface area contributed by atoms with Crippen LogP contribution < -0.4 is 4.74 Å². The fourth-order valence-electron chi connectivity index (χ4n) is 5.25. The van der Waals surface area contributed by atoms with Gasteiger partial charge in [0.2, 0.25) is 5.91 Å². The average Bonchev–Trinajstić information content (AvgIpc) is 2.93. The second-order valence-corrected chi connectivity index (χ2v) is 11.1. The molecule has 0 atom stereocenters. The monoisotopic (exact) mass is 525 g/mol. The molecular weight excluding hydrogens is 481 g/mol. The number of halogens is 1. The van der Waals surface area contributed by atoms with E-state index in [4.69, 9.17) is 9.47 Å². The minimum atomic E-state index is -0.253. The average molecular weight is 526 g/mol. The molecule has 4 rings (SSSR count). The Morgan fingerprint density at radius 2 is 1.55 bits per heavy atom. The van der Waals surface area contributed by atoms with Crippen LogP contribution in [0.5, 0.6) is 5.75 Å². The molecule has 0 bridgehead atoms. The van der Waals surface area contributed by atoms with E-state index in [1.807, 2.05) is 29.2 Å². The van der Waals surface area contributed by atoms with Gasteiger partial charge in [-0.2, -0.15) is 0 Å². The Balaban J connectivity index is 1.32. The Kier molecular flexibility index (Phi) is 11.0. The third-order valence-corrected chi connectivity index (χ3v) is 7.50. The van der Waals surface area contributed by atoms with Crippen LogP contribution in [0.25, 0.3) is 0 Å². The van der Waals surface area contributed by atoms with E-state index in [9.17, 15) is 9.18 Å². The van der Waals surface area contributed by atoms with E-state index in [-0.39, 0.29) is 17.8 Å². The molecule has 7 heteroatoms. The van der Waals surface area contributed by atoms with Crippen LogP contribution in [-0.2, 0) is 22.5 Å². The van der Waals surface area contributed by atoms with Crippen molar-refractivity contribution >= 4 is 5.91 Å². The highest BCUT2D eigenvalue weighted by atomic mass is 19.1. The summed E-state index contributed by atoms with van der Waals surface area (Å²) in [5.41, 5.74) is 1.95. The summed E-state index contributed by atoms with van der Waals surface area (Å²) in [4.78, 5) is 20.7. The van der Waals surface area contributed by atoms with Gasteiger partial charge in [-0.1, -0.05) is 38.1 Å². The van der Waals surface area contributed by atoms with Gasteiger partial charge in [-0.15, -0.1) is 0 Å². The van der Waals surface area contributed by atoms with Crippen molar-refractivity contribution < 1.29 is 18.7 Å². The van der Waals surface area contributed by atoms with E-state index in [1.165, 1.54) is 18.6 Å². The minimum Gasteiger partial charge on any atom is -0.493 e. The van der Waals surface area contributed by atoms with Gasteiger partial charge in [-0.3, -0.25) is 9.69 Å². The van der Waals surface area contributed by atoms with Crippen molar-refractivity contribution in [1.29, 1.82) is 0 Å². The van der Waals surface area contributed by atoms with Crippen molar-refractivity contribution in [3.05, 3.63) is 65.5 Å². The lowest BCUT2D eigenvalue weighted by molar-refractivity contribution is -0.134. The predicted octanol–water partition coefficient (Wildman–Crippen LogP) is 4.62. The maximum Gasteiger partial charge on any atom is 0.227 e. The van der Waals surface area contributed by atoms with E-state index in [0.29, 0.717) is 25.5 Å². The maximum atomic E-state index is 13.6. The number of piperidine rings is 1. The molecule has 0 unspecified atom stereocenters. The molecule has 2 aromatic rings. The molecule has 2 aromatic carbocycles. The van der Waals surface area contributed by atoms with Gasteiger partial charge in [0, 0.05) is 38.8 Å². The molecule has 2 aliphatic rings. The van der Waals surface area contributed by atoms with Crippen molar-refractivity contribution in [3.8, 4) is 5.75 Å². The number of rotatable bonds is 12. The lowest BCUT2D eigenvalue weighted by Crippen LogP contribution is -2.48. The van der Waals surface area contributed by atoms with Crippen LogP contribution in [0.4, 0.5) is 4.39 Å². The smallest absolute Gasteiger partial charge is 0.227 e. The highest BCUT2D eigenvalue weighted by Crippen LogP contribution is 2.22. The van der Waals surface area contributed by atoms with Crippen molar-refractivity contribution in [2.24, 2.45) is 5.92 Å². The van der Waals surface area contributed by atoms with Gasteiger partial charge in [0.05, 0.1) is 26.2 Å². The predicted molar refractivity (Wildman–Crippen MR) is 149 cm³/mol. The molecule has 2 fully saturated rings. The fourth-order valence-corrected chi connectivity index (χ4v) is 5.25. The normalized spacial score (nSPS) is 17.6. The van der Waals surface area contributed by atoms with Crippen LogP contribution in [0.3, 0.4) is 0 Å². The molecule has 0 spiro atoms. The topological polar surface area (TPSA) is 45.2 Å². The minimum absolute atomic E-state index is 0.121. The number of carbonyl (C=O) groups excluding carboxylic acids is 1. The summed E-state index contributed by atoms with van der Waals surface area (Å²) in [5, 5.41) is 0. The Hall–Kier alpha value is -2.48. The van der Waals surface area contributed by atoms with Gasteiger partial charge in [0.25, 0.3) is 0 Å². The zero-order valence-corrected chi connectivity index (χ0v) is 23.1. The number of ether oxygens (including phenoxy) is 2. The first-order chi connectivity index (χ1) is 18.5. The van der Waals surface area contributed by atoms with Crippen LogP contribution in [0.1, 0.15) is 44.2 Å². The molecule has 0 aromatic heterocycles. The SMILES string of the molecule is CC(C)COc1ccc(CC(=O)N(Cc2ccc(F)cc2)C2CCN(CCCN3CCOCC3)CC2)cc1. The highest BCUT2D eigenvalue weighted by Gasteiger charge is 2.28. The molecule has 2 heterocycles. The van der Waals surface area contributed by atoms with Gasteiger partial charge in [-0.25, -0.2) is 4.39 Å². The van der Waals surface area contributed by atoms with Crippen molar-refractivity contribution in [1.82, 2.24) is 14.7 Å². The summed E-state index contributed by atoms with van der Waals surface area (Å²) in [6.07, 6.45) is 3.45. The Morgan fingerprint density at radius 1 is 0.947 bits per heavy atom. The molecule has 0 saturated carbocycles. The van der Waals surface area contributed by atoms with Crippen LogP contribution in [0, 0.1) is 11.7 Å². The summed E-state index contributed by atoms with van der Waals surface area (Å²) in [6, 6.07) is 14.6. The fraction of sp³-hybridized carbons (Fsp3) is 0.581. The van der Waals surface area contributed by atoms with E-state index in [1.54, 1.807) is 12.1 Å². The maximum absolute atomic E-state index is 13.6. The molecule has 1 amide bonds. The highest BCUT2D eigenvalue weighted by molar-refractivity contribution is 5.79. The number of hydrogen-bond donors (Lipinski definition) is 0. The quantitative estimate of drug-likeness (QED) is 0.405. The molecule has 2 saturated heterocycles. The second kappa shape index (κ2) is 14.6. The number of carbonyl (C=O) groups is 1. The number of amides is 1. The van der Waals surface area contributed by atoms with Gasteiger partial charge < -0.3 is 19.3 Å². The number of morpholine rings is 1. The van der Waals surface area contributed by atoms with Crippen LogP contribution in [0.15, 0.2) is 48.5 Å². The van der Waals surface area contributed by atoms with Crippen LogP contribution in [-0.4, -0.2) is 85.7 Å². The lowest BCUT2D eigenvalue weighted by Gasteiger charge is -2.39. The third kappa shape index (κ3) is 9.07. The summed E-state index contributed by atoms with van der Waals surface area (Å²) in [7, 11) is 0. The molecule has 0 N–H and O–H groups in total. The third-order valence-electron chi connectivity index (χ3n) is 7.50. The summed E-state index contributed by atoms with van der Waals surface area (Å²) in [6.45, 7) is 13.4. The number of likely N-dealkylation sites (tertiary alicyclic amines) is 1.